The number of amides is 2. The van der Waals surface area contributed by atoms with Gasteiger partial charge in [-0.15, -0.1) is 0 Å². The van der Waals surface area contributed by atoms with Gasteiger partial charge < -0.3 is 4.18 Å². The van der Waals surface area contributed by atoms with Crippen LogP contribution in [0.4, 0.5) is 4.79 Å². The van der Waals surface area contributed by atoms with Crippen molar-refractivity contribution in [2.45, 2.75) is 18.4 Å². The summed E-state index contributed by atoms with van der Waals surface area (Å²) in [5, 5.41) is 0.323. The van der Waals surface area contributed by atoms with Gasteiger partial charge in [-0.05, 0) is 60.7 Å². The molecule has 0 aliphatic carbocycles. The van der Waals surface area contributed by atoms with Crippen LogP contribution < -0.4 is 4.18 Å². The van der Waals surface area contributed by atoms with Crippen LogP contribution in [0.3, 0.4) is 0 Å². The van der Waals surface area contributed by atoms with Crippen molar-refractivity contribution < 1.29 is 22.2 Å². The highest BCUT2D eigenvalue weighted by Crippen LogP contribution is 2.36. The zero-order valence-electron chi connectivity index (χ0n) is 17.7. The minimum Gasteiger partial charge on any atom is -0.378 e. The fourth-order valence-corrected chi connectivity index (χ4v) is 5.40. The first-order valence-electron chi connectivity index (χ1n) is 9.93. The number of imide groups is 1. The Morgan fingerprint density at radius 1 is 1.00 bits per heavy atom. The minimum atomic E-state index is -4.09. The Labute approximate surface area is 211 Å². The van der Waals surface area contributed by atoms with Crippen LogP contribution >= 0.6 is 35.0 Å². The van der Waals surface area contributed by atoms with Gasteiger partial charge in [-0.2, -0.15) is 8.42 Å². The van der Waals surface area contributed by atoms with Gasteiger partial charge in [0.2, 0.25) is 0 Å². The second kappa shape index (κ2) is 9.84. The number of hydrogen-bond acceptors (Lipinski definition) is 6. The molecule has 0 atom stereocenters. The molecule has 0 spiro atoms. The molecule has 1 aliphatic rings. The third-order valence-electron chi connectivity index (χ3n) is 4.93. The van der Waals surface area contributed by atoms with E-state index < -0.39 is 21.3 Å². The summed E-state index contributed by atoms with van der Waals surface area (Å²) in [5.41, 5.74) is 1.82. The summed E-state index contributed by atoms with van der Waals surface area (Å²) in [5.74, 6) is -0.479. The van der Waals surface area contributed by atoms with Crippen LogP contribution in [0.1, 0.15) is 16.7 Å². The van der Waals surface area contributed by atoms with Crippen molar-refractivity contribution in [1.29, 1.82) is 0 Å². The molecule has 1 fully saturated rings. The van der Waals surface area contributed by atoms with Gasteiger partial charge in [-0.3, -0.25) is 14.5 Å². The number of carbonyl (C=O) groups is 2. The summed E-state index contributed by atoms with van der Waals surface area (Å²) in [7, 11) is -4.09. The molecule has 1 saturated heterocycles. The predicted molar refractivity (Wildman–Crippen MR) is 133 cm³/mol. The van der Waals surface area contributed by atoms with Crippen molar-refractivity contribution in [3.63, 3.8) is 0 Å². The Hall–Kier alpha value is -2.78. The number of hydrogen-bond donors (Lipinski definition) is 0. The SMILES string of the molecule is Cc1ccc(S(=O)(=O)Oc2ccccc2/C=C2\SC(=O)N(Cc3ccc(Cl)cc3Cl)C2=O)cc1. The lowest BCUT2D eigenvalue weighted by Gasteiger charge is -2.13. The maximum Gasteiger partial charge on any atom is 0.339 e. The van der Waals surface area contributed by atoms with Crippen LogP contribution in [0.15, 0.2) is 76.5 Å². The van der Waals surface area contributed by atoms with E-state index >= 15 is 0 Å². The zero-order chi connectivity index (χ0) is 24.5. The molecule has 10 heteroatoms. The number of aryl methyl sites for hydroxylation is 1. The van der Waals surface area contributed by atoms with Gasteiger partial charge in [0, 0.05) is 15.6 Å². The van der Waals surface area contributed by atoms with Crippen molar-refractivity contribution in [1.82, 2.24) is 4.90 Å². The van der Waals surface area contributed by atoms with Crippen LogP contribution in [0, 0.1) is 6.92 Å². The third kappa shape index (κ3) is 5.31. The Kier molecular flexibility index (Phi) is 7.04. The maximum atomic E-state index is 12.9. The van der Waals surface area contributed by atoms with E-state index in [0.717, 1.165) is 22.2 Å². The first-order valence-corrected chi connectivity index (χ1v) is 12.9. The first kappa shape index (κ1) is 24.3. The Morgan fingerprint density at radius 2 is 1.71 bits per heavy atom. The van der Waals surface area contributed by atoms with E-state index in [0.29, 0.717) is 21.2 Å². The standard InChI is InChI=1S/C24H17Cl2NO5S2/c1-15-6-10-19(11-7-15)34(30,31)32-21-5-3-2-4-16(21)12-22-23(28)27(24(29)33-22)14-17-8-9-18(25)13-20(17)26/h2-13H,14H2,1H3/b22-12-. The second-order valence-electron chi connectivity index (χ2n) is 7.39. The lowest BCUT2D eigenvalue weighted by atomic mass is 10.2. The number of thioether (sulfide) groups is 1. The second-order valence-corrected chi connectivity index (χ2v) is 10.8. The largest absolute Gasteiger partial charge is 0.378 e. The van der Waals surface area contributed by atoms with Gasteiger partial charge >= 0.3 is 10.1 Å². The highest BCUT2D eigenvalue weighted by Gasteiger charge is 2.35. The summed E-state index contributed by atoms with van der Waals surface area (Å²) >= 11 is 12.8. The number of nitrogens with zero attached hydrogens (tertiary/aromatic N) is 1. The smallest absolute Gasteiger partial charge is 0.339 e. The minimum absolute atomic E-state index is 0.00747. The van der Waals surface area contributed by atoms with Gasteiger partial charge in [0.1, 0.15) is 10.6 Å². The van der Waals surface area contributed by atoms with E-state index in [1.54, 1.807) is 42.5 Å². The monoisotopic (exact) mass is 533 g/mol. The number of para-hydroxylation sites is 1. The van der Waals surface area contributed by atoms with E-state index in [-0.39, 0.29) is 22.1 Å². The molecule has 1 heterocycles. The van der Waals surface area contributed by atoms with Crippen molar-refractivity contribution in [2.75, 3.05) is 0 Å². The van der Waals surface area contributed by atoms with Gasteiger partial charge in [0.05, 0.1) is 11.4 Å². The van der Waals surface area contributed by atoms with Gasteiger partial charge in [-0.25, -0.2) is 0 Å². The normalized spacial score (nSPS) is 15.3. The van der Waals surface area contributed by atoms with Crippen LogP contribution in [0.25, 0.3) is 6.08 Å². The topological polar surface area (TPSA) is 80.8 Å². The van der Waals surface area contributed by atoms with Crippen LogP contribution in [-0.2, 0) is 21.5 Å². The average Bonchev–Trinajstić information content (AvgIpc) is 3.04. The highest BCUT2D eigenvalue weighted by molar-refractivity contribution is 8.18. The van der Waals surface area contributed by atoms with E-state index in [4.69, 9.17) is 27.4 Å². The summed E-state index contributed by atoms with van der Waals surface area (Å²) in [6.07, 6.45) is 1.44. The van der Waals surface area contributed by atoms with Gasteiger partial charge in [0.15, 0.2) is 0 Å². The molecule has 6 nitrogen and oxygen atoms in total. The molecule has 3 aromatic rings. The van der Waals surface area contributed by atoms with Crippen molar-refractivity contribution in [3.8, 4) is 5.75 Å². The van der Waals surface area contributed by atoms with E-state index in [1.165, 1.54) is 30.3 Å². The average molecular weight is 534 g/mol. The highest BCUT2D eigenvalue weighted by atomic mass is 35.5. The van der Waals surface area contributed by atoms with Crippen molar-refractivity contribution >= 4 is 62.3 Å². The fourth-order valence-electron chi connectivity index (χ4n) is 3.14. The fraction of sp³-hybridized carbons (Fsp3) is 0.0833. The van der Waals surface area contributed by atoms with Crippen molar-refractivity contribution in [3.05, 3.63) is 98.4 Å². The molecule has 0 unspecified atom stereocenters. The summed E-state index contributed by atoms with van der Waals surface area (Å²) in [4.78, 5) is 26.7. The number of carbonyl (C=O) groups excluding carboxylic acids is 2. The number of rotatable bonds is 6. The van der Waals surface area contributed by atoms with Gasteiger partial charge in [0.25, 0.3) is 11.1 Å². The predicted octanol–water partition coefficient (Wildman–Crippen LogP) is 6.31. The van der Waals surface area contributed by atoms with Crippen LogP contribution in [0.2, 0.25) is 10.0 Å². The molecule has 0 radical (unpaired) electrons. The molecule has 4 rings (SSSR count). The molecule has 1 aliphatic heterocycles. The Balaban J connectivity index is 1.59. The Bertz CT molecular complexity index is 1420. The molecular formula is C24H17Cl2NO5S2. The van der Waals surface area contributed by atoms with Gasteiger partial charge in [-0.1, -0.05) is 65.2 Å². The summed E-state index contributed by atoms with van der Waals surface area (Å²) in [6.45, 7) is 1.83. The van der Waals surface area contributed by atoms with E-state index in [1.807, 2.05) is 6.92 Å². The van der Waals surface area contributed by atoms with E-state index in [2.05, 4.69) is 0 Å². The molecule has 2 amide bonds. The lowest BCUT2D eigenvalue weighted by molar-refractivity contribution is -0.123. The molecule has 0 aromatic heterocycles. The van der Waals surface area contributed by atoms with Crippen LogP contribution in [-0.4, -0.2) is 24.5 Å². The molecular weight excluding hydrogens is 517 g/mol. The Morgan fingerprint density at radius 3 is 2.41 bits per heavy atom. The number of benzene rings is 3. The summed E-state index contributed by atoms with van der Waals surface area (Å²) in [6, 6.07) is 17.4. The third-order valence-corrected chi connectivity index (χ3v) is 7.67. The first-order chi connectivity index (χ1) is 16.1. The molecule has 34 heavy (non-hydrogen) atoms. The summed E-state index contributed by atoms with van der Waals surface area (Å²) < 4.78 is 30.8. The maximum absolute atomic E-state index is 12.9. The molecule has 0 bridgehead atoms. The number of halogens is 2. The zero-order valence-corrected chi connectivity index (χ0v) is 20.8. The molecule has 0 N–H and O–H groups in total. The van der Waals surface area contributed by atoms with Crippen LogP contribution in [0.5, 0.6) is 5.75 Å². The lowest BCUT2D eigenvalue weighted by Crippen LogP contribution is -2.27. The van der Waals surface area contributed by atoms with Crippen molar-refractivity contribution in [2.24, 2.45) is 0 Å². The molecule has 3 aromatic carbocycles. The molecule has 174 valence electrons. The molecule has 0 saturated carbocycles. The van der Waals surface area contributed by atoms with E-state index in [9.17, 15) is 18.0 Å². The quantitative estimate of drug-likeness (QED) is 0.273.